The Balaban J connectivity index is 2.15. The van der Waals surface area contributed by atoms with Gasteiger partial charge in [0.15, 0.2) is 0 Å². The van der Waals surface area contributed by atoms with Crippen molar-refractivity contribution >= 4 is 25.5 Å². The van der Waals surface area contributed by atoms with E-state index in [1.54, 1.807) is 0 Å². The van der Waals surface area contributed by atoms with Crippen LogP contribution >= 0.6 is 0 Å². The summed E-state index contributed by atoms with van der Waals surface area (Å²) in [4.78, 5) is 0. The van der Waals surface area contributed by atoms with Gasteiger partial charge in [0.25, 0.3) is 0 Å². The zero-order valence-electron chi connectivity index (χ0n) is 8.21. The van der Waals surface area contributed by atoms with Crippen LogP contribution in [0.2, 0.25) is 0 Å². The SMILES string of the molecule is Cc1nn[se]c1S(=O)Cc1ccccc1. The molecular weight excluding hydrogens is 275 g/mol. The number of aryl methyl sites for hydroxylation is 1. The molecule has 1 heterocycles. The normalized spacial score (nSPS) is 12.6. The Bertz CT molecular complexity index is 469. The van der Waals surface area contributed by atoms with E-state index in [9.17, 15) is 4.21 Å². The van der Waals surface area contributed by atoms with Crippen molar-refractivity contribution in [3.63, 3.8) is 0 Å². The zero-order valence-corrected chi connectivity index (χ0v) is 10.7. The van der Waals surface area contributed by atoms with Crippen LogP contribution in [0.3, 0.4) is 0 Å². The van der Waals surface area contributed by atoms with Crippen LogP contribution in [-0.4, -0.2) is 28.1 Å². The number of hydrogen-bond acceptors (Lipinski definition) is 3. The first kappa shape index (κ1) is 10.7. The van der Waals surface area contributed by atoms with Crippen LogP contribution in [0, 0.1) is 6.92 Å². The molecular formula is C10H10N2OSSe. The number of nitrogens with zero attached hydrogens (tertiary/aromatic N) is 2. The molecule has 1 atom stereocenters. The molecule has 2 rings (SSSR count). The van der Waals surface area contributed by atoms with Gasteiger partial charge < -0.3 is 0 Å². The molecule has 0 saturated heterocycles. The quantitative estimate of drug-likeness (QED) is 0.795. The third-order valence-corrected chi connectivity index (χ3v) is 6.13. The Morgan fingerprint density at radius 2 is 2.07 bits per heavy atom. The van der Waals surface area contributed by atoms with Gasteiger partial charge in [-0.3, -0.25) is 0 Å². The van der Waals surface area contributed by atoms with Crippen molar-refractivity contribution in [2.45, 2.75) is 16.4 Å². The molecule has 15 heavy (non-hydrogen) atoms. The molecule has 3 nitrogen and oxygen atoms in total. The van der Waals surface area contributed by atoms with E-state index >= 15 is 0 Å². The molecule has 78 valence electrons. The van der Waals surface area contributed by atoms with Crippen LogP contribution in [0.1, 0.15) is 11.3 Å². The predicted octanol–water partition coefficient (Wildman–Crippen LogP) is 1.15. The van der Waals surface area contributed by atoms with E-state index in [0.717, 1.165) is 15.0 Å². The van der Waals surface area contributed by atoms with Crippen LogP contribution in [0.15, 0.2) is 34.1 Å². The van der Waals surface area contributed by atoms with Gasteiger partial charge in [-0.2, -0.15) is 0 Å². The van der Waals surface area contributed by atoms with Gasteiger partial charge in [0.2, 0.25) is 0 Å². The fourth-order valence-electron chi connectivity index (χ4n) is 1.22. The monoisotopic (exact) mass is 286 g/mol. The van der Waals surface area contributed by atoms with E-state index in [1.807, 2.05) is 37.3 Å². The van der Waals surface area contributed by atoms with Crippen molar-refractivity contribution in [1.82, 2.24) is 9.19 Å². The number of hydrogen-bond donors (Lipinski definition) is 0. The maximum absolute atomic E-state index is 12.0. The molecule has 0 radical (unpaired) electrons. The predicted molar refractivity (Wildman–Crippen MR) is 60.3 cm³/mol. The van der Waals surface area contributed by atoms with E-state index in [4.69, 9.17) is 0 Å². The average Bonchev–Trinajstić information content (AvgIpc) is 2.66. The molecule has 0 aliphatic heterocycles. The van der Waals surface area contributed by atoms with E-state index in [-0.39, 0.29) is 14.7 Å². The first-order valence-electron chi connectivity index (χ1n) is 4.48. The summed E-state index contributed by atoms with van der Waals surface area (Å²) in [7, 11) is -0.957. The molecule has 1 aromatic carbocycles. The van der Waals surface area contributed by atoms with Gasteiger partial charge in [0.1, 0.15) is 0 Å². The Morgan fingerprint density at radius 1 is 1.33 bits per heavy atom. The summed E-state index contributed by atoms with van der Waals surface area (Å²) in [5, 5.41) is 3.92. The van der Waals surface area contributed by atoms with E-state index in [1.165, 1.54) is 0 Å². The maximum atomic E-state index is 12.0. The summed E-state index contributed by atoms with van der Waals surface area (Å²) in [5.74, 6) is 0.570. The topological polar surface area (TPSA) is 42.9 Å². The molecule has 0 saturated carbocycles. The van der Waals surface area contributed by atoms with E-state index < -0.39 is 10.8 Å². The Labute approximate surface area is 97.0 Å². The second kappa shape index (κ2) is 4.83. The van der Waals surface area contributed by atoms with Gasteiger partial charge in [0, 0.05) is 0 Å². The van der Waals surface area contributed by atoms with Crippen LogP contribution < -0.4 is 0 Å². The van der Waals surface area contributed by atoms with E-state index in [2.05, 4.69) is 9.19 Å². The second-order valence-corrected chi connectivity index (χ2v) is 6.67. The van der Waals surface area contributed by atoms with Crippen molar-refractivity contribution in [3.8, 4) is 0 Å². The first-order chi connectivity index (χ1) is 7.27. The molecule has 2 aromatic rings. The van der Waals surface area contributed by atoms with Gasteiger partial charge in [-0.1, -0.05) is 0 Å². The van der Waals surface area contributed by atoms with Crippen molar-refractivity contribution in [3.05, 3.63) is 41.6 Å². The fourth-order valence-corrected chi connectivity index (χ4v) is 4.23. The summed E-state index contributed by atoms with van der Waals surface area (Å²) in [6.07, 6.45) is 0. The molecule has 1 unspecified atom stereocenters. The summed E-state index contributed by atoms with van der Waals surface area (Å²) < 4.78 is 16.8. The van der Waals surface area contributed by atoms with Crippen molar-refractivity contribution in [2.24, 2.45) is 0 Å². The summed E-state index contributed by atoms with van der Waals surface area (Å²) in [6, 6.07) is 9.86. The molecule has 0 fully saturated rings. The van der Waals surface area contributed by atoms with E-state index in [0.29, 0.717) is 5.75 Å². The number of rotatable bonds is 3. The summed E-state index contributed by atoms with van der Waals surface area (Å²) >= 11 is -0.0519. The molecule has 0 aliphatic carbocycles. The van der Waals surface area contributed by atoms with Crippen molar-refractivity contribution < 1.29 is 4.21 Å². The Kier molecular flexibility index (Phi) is 3.46. The van der Waals surface area contributed by atoms with Gasteiger partial charge in [-0.05, 0) is 0 Å². The molecule has 0 N–H and O–H groups in total. The van der Waals surface area contributed by atoms with Crippen LogP contribution in [0.25, 0.3) is 0 Å². The Hall–Kier alpha value is -0.771. The average molecular weight is 285 g/mol. The molecule has 5 heteroatoms. The molecule has 0 aliphatic rings. The Morgan fingerprint density at radius 3 is 2.67 bits per heavy atom. The van der Waals surface area contributed by atoms with Gasteiger partial charge in [0.05, 0.1) is 0 Å². The van der Waals surface area contributed by atoms with Crippen molar-refractivity contribution in [1.29, 1.82) is 0 Å². The minimum atomic E-state index is -0.957. The first-order valence-corrected chi connectivity index (χ1v) is 7.43. The van der Waals surface area contributed by atoms with Crippen LogP contribution in [-0.2, 0) is 16.6 Å². The molecule has 0 bridgehead atoms. The van der Waals surface area contributed by atoms with Gasteiger partial charge in [-0.25, -0.2) is 0 Å². The third-order valence-electron chi connectivity index (χ3n) is 1.96. The zero-order chi connectivity index (χ0) is 10.7. The summed E-state index contributed by atoms with van der Waals surface area (Å²) in [5.41, 5.74) is 1.93. The molecule has 0 amide bonds. The molecule has 1 aromatic heterocycles. The van der Waals surface area contributed by atoms with Crippen molar-refractivity contribution in [2.75, 3.05) is 0 Å². The van der Waals surface area contributed by atoms with Gasteiger partial charge in [-0.15, -0.1) is 0 Å². The second-order valence-electron chi connectivity index (χ2n) is 3.12. The minimum absolute atomic E-state index is 0.0519. The molecule has 0 spiro atoms. The van der Waals surface area contributed by atoms with Crippen LogP contribution in [0.5, 0.6) is 0 Å². The van der Waals surface area contributed by atoms with Gasteiger partial charge >= 0.3 is 97.0 Å². The summed E-state index contributed by atoms with van der Waals surface area (Å²) in [6.45, 7) is 1.87. The van der Waals surface area contributed by atoms with Crippen LogP contribution in [0.4, 0.5) is 0 Å². The third kappa shape index (κ3) is 2.62. The number of benzene rings is 1. The standard InChI is InChI=1S/C10H10N2OSSe/c1-8-10(15-12-11-8)14(13)7-9-5-3-2-4-6-9/h2-6H,7H2,1H3. The number of aromatic nitrogens is 2. The fraction of sp³-hybridized carbons (Fsp3) is 0.200.